The molecule has 2 aromatic carbocycles. The van der Waals surface area contributed by atoms with E-state index in [-0.39, 0.29) is 11.9 Å². The van der Waals surface area contributed by atoms with Crippen molar-refractivity contribution in [2.24, 2.45) is 0 Å². The second kappa shape index (κ2) is 6.69. The van der Waals surface area contributed by atoms with Crippen LogP contribution in [0.1, 0.15) is 30.0 Å². The zero-order valence-electron chi connectivity index (χ0n) is 13.5. The molecule has 0 saturated carbocycles. The molecule has 0 fully saturated rings. The molecule has 0 unspecified atom stereocenters. The Bertz CT molecular complexity index is 676. The molecule has 3 rings (SSSR count). The molecule has 0 aromatic heterocycles. The number of fused-ring (bicyclic) bond motifs is 1. The van der Waals surface area contributed by atoms with Crippen LogP contribution in [0.15, 0.2) is 48.5 Å². The molecule has 23 heavy (non-hydrogen) atoms. The van der Waals surface area contributed by atoms with E-state index in [0.717, 1.165) is 17.8 Å². The van der Waals surface area contributed by atoms with Crippen molar-refractivity contribution in [2.75, 3.05) is 25.0 Å². The topological polar surface area (TPSA) is 35.5 Å². The minimum absolute atomic E-state index is 0.273. The smallest absolute Gasteiger partial charge is 0.123 e. The Morgan fingerprint density at radius 1 is 1.26 bits per heavy atom. The van der Waals surface area contributed by atoms with Crippen molar-refractivity contribution in [3.8, 4) is 0 Å². The van der Waals surface area contributed by atoms with Crippen LogP contribution in [0, 0.1) is 5.82 Å². The van der Waals surface area contributed by atoms with E-state index >= 15 is 0 Å². The number of aliphatic hydroxyl groups is 1. The van der Waals surface area contributed by atoms with Gasteiger partial charge in [0.2, 0.25) is 0 Å². The van der Waals surface area contributed by atoms with E-state index in [1.165, 1.54) is 17.7 Å². The number of hydrogen-bond donors (Lipinski definition) is 2. The van der Waals surface area contributed by atoms with Gasteiger partial charge in [0, 0.05) is 24.7 Å². The Kier molecular flexibility index (Phi) is 4.64. The number of anilines is 1. The summed E-state index contributed by atoms with van der Waals surface area (Å²) >= 11 is 0. The molecule has 0 radical (unpaired) electrons. The van der Waals surface area contributed by atoms with Crippen LogP contribution in [0.25, 0.3) is 0 Å². The van der Waals surface area contributed by atoms with E-state index in [1.807, 2.05) is 25.2 Å². The van der Waals surface area contributed by atoms with Crippen molar-refractivity contribution in [3.05, 3.63) is 65.5 Å². The third-order valence-corrected chi connectivity index (χ3v) is 4.55. The number of rotatable bonds is 5. The van der Waals surface area contributed by atoms with E-state index < -0.39 is 6.10 Å². The lowest BCUT2D eigenvalue weighted by atomic mass is 9.99. The molecule has 122 valence electrons. The molecular weight excluding hydrogens is 291 g/mol. The summed E-state index contributed by atoms with van der Waals surface area (Å²) in [5.41, 5.74) is 3.21. The van der Waals surface area contributed by atoms with Crippen molar-refractivity contribution in [3.63, 3.8) is 0 Å². The third kappa shape index (κ3) is 3.09. The highest BCUT2D eigenvalue weighted by Crippen LogP contribution is 2.41. The molecule has 0 spiro atoms. The fourth-order valence-corrected chi connectivity index (χ4v) is 3.54. The summed E-state index contributed by atoms with van der Waals surface area (Å²) in [6.45, 7) is 3.46. The van der Waals surface area contributed by atoms with Gasteiger partial charge in [0.1, 0.15) is 5.82 Å². The quantitative estimate of drug-likeness (QED) is 0.890. The van der Waals surface area contributed by atoms with Crippen LogP contribution in [-0.2, 0) is 0 Å². The van der Waals surface area contributed by atoms with Gasteiger partial charge in [-0.1, -0.05) is 37.3 Å². The second-order valence-electron chi connectivity index (χ2n) is 6.24. The summed E-state index contributed by atoms with van der Waals surface area (Å²) in [4.78, 5) is 2.21. The van der Waals surface area contributed by atoms with Crippen molar-refractivity contribution < 1.29 is 9.50 Å². The summed E-state index contributed by atoms with van der Waals surface area (Å²) in [6.07, 6.45) is -0.625. The molecule has 0 amide bonds. The first-order valence-electron chi connectivity index (χ1n) is 8.05. The average molecular weight is 314 g/mol. The largest absolute Gasteiger partial charge is 0.389 e. The SMILES string of the molecule is CNC[C@@H](O)[C@H](c1cccc(F)c1)N1C[C@H](C)c2ccccc21. The van der Waals surface area contributed by atoms with Gasteiger partial charge in [-0.25, -0.2) is 4.39 Å². The van der Waals surface area contributed by atoms with Crippen molar-refractivity contribution in [2.45, 2.75) is 25.0 Å². The molecule has 2 aromatic rings. The Morgan fingerprint density at radius 2 is 2.04 bits per heavy atom. The van der Waals surface area contributed by atoms with Gasteiger partial charge in [0.25, 0.3) is 0 Å². The second-order valence-corrected chi connectivity index (χ2v) is 6.24. The predicted molar refractivity (Wildman–Crippen MR) is 91.3 cm³/mol. The maximum absolute atomic E-state index is 13.7. The summed E-state index contributed by atoms with van der Waals surface area (Å²) < 4.78 is 13.7. The van der Waals surface area contributed by atoms with Crippen LogP contribution < -0.4 is 10.2 Å². The van der Waals surface area contributed by atoms with E-state index in [2.05, 4.69) is 29.3 Å². The summed E-state index contributed by atoms with van der Waals surface area (Å²) in [5.74, 6) is 0.119. The van der Waals surface area contributed by atoms with Gasteiger partial charge in [-0.15, -0.1) is 0 Å². The lowest BCUT2D eigenvalue weighted by Gasteiger charge is -2.34. The maximum Gasteiger partial charge on any atom is 0.123 e. The number of para-hydroxylation sites is 1. The highest BCUT2D eigenvalue weighted by Gasteiger charge is 2.34. The monoisotopic (exact) mass is 314 g/mol. The van der Waals surface area contributed by atoms with Crippen LogP contribution in [0.3, 0.4) is 0 Å². The van der Waals surface area contributed by atoms with Gasteiger partial charge in [-0.05, 0) is 36.4 Å². The van der Waals surface area contributed by atoms with Gasteiger partial charge in [-0.3, -0.25) is 0 Å². The minimum atomic E-state index is -0.625. The molecule has 1 aliphatic rings. The number of likely N-dealkylation sites (N-methyl/N-ethyl adjacent to an activating group) is 1. The highest BCUT2D eigenvalue weighted by atomic mass is 19.1. The van der Waals surface area contributed by atoms with E-state index in [0.29, 0.717) is 12.5 Å². The molecule has 0 bridgehead atoms. The average Bonchev–Trinajstić information content (AvgIpc) is 2.86. The molecule has 0 aliphatic carbocycles. The maximum atomic E-state index is 13.7. The van der Waals surface area contributed by atoms with Gasteiger partial charge in [-0.2, -0.15) is 0 Å². The van der Waals surface area contributed by atoms with E-state index in [1.54, 1.807) is 6.07 Å². The summed E-state index contributed by atoms with van der Waals surface area (Å²) in [5, 5.41) is 13.7. The number of hydrogen-bond acceptors (Lipinski definition) is 3. The number of benzene rings is 2. The highest BCUT2D eigenvalue weighted by molar-refractivity contribution is 5.61. The first kappa shape index (κ1) is 16.0. The molecule has 2 N–H and O–H groups in total. The molecule has 3 atom stereocenters. The van der Waals surface area contributed by atoms with Crippen molar-refractivity contribution in [1.29, 1.82) is 0 Å². The fourth-order valence-electron chi connectivity index (χ4n) is 3.54. The van der Waals surface area contributed by atoms with Crippen LogP contribution >= 0.6 is 0 Å². The number of halogens is 1. The van der Waals surface area contributed by atoms with E-state index in [4.69, 9.17) is 0 Å². The van der Waals surface area contributed by atoms with Gasteiger partial charge in [0.05, 0.1) is 12.1 Å². The van der Waals surface area contributed by atoms with Crippen LogP contribution in [0.5, 0.6) is 0 Å². The standard InChI is InChI=1S/C19H23FN2O/c1-13-12-22(17-9-4-3-8-16(13)17)19(18(23)11-21-2)14-6-5-7-15(20)10-14/h3-10,13,18-19,21,23H,11-12H2,1-2H3/t13-,18+,19-/m0/s1. The number of aliphatic hydroxyl groups excluding tert-OH is 1. The molecule has 3 nitrogen and oxygen atoms in total. The number of nitrogens with zero attached hydrogens (tertiary/aromatic N) is 1. The Hall–Kier alpha value is -1.91. The van der Waals surface area contributed by atoms with E-state index in [9.17, 15) is 9.50 Å². The Balaban J connectivity index is 2.03. The first-order valence-corrected chi connectivity index (χ1v) is 8.05. The zero-order chi connectivity index (χ0) is 16.4. The first-order chi connectivity index (χ1) is 11.1. The zero-order valence-corrected chi connectivity index (χ0v) is 13.5. The molecule has 4 heteroatoms. The normalized spacial score (nSPS) is 19.5. The Labute approximate surface area is 136 Å². The van der Waals surface area contributed by atoms with Crippen LogP contribution in [0.2, 0.25) is 0 Å². The fraction of sp³-hybridized carbons (Fsp3) is 0.368. The lowest BCUT2D eigenvalue weighted by Crippen LogP contribution is -2.40. The third-order valence-electron chi connectivity index (χ3n) is 4.55. The minimum Gasteiger partial charge on any atom is -0.389 e. The van der Waals surface area contributed by atoms with Crippen LogP contribution in [-0.4, -0.2) is 31.3 Å². The van der Waals surface area contributed by atoms with Crippen molar-refractivity contribution >= 4 is 5.69 Å². The van der Waals surface area contributed by atoms with Crippen LogP contribution in [0.4, 0.5) is 10.1 Å². The van der Waals surface area contributed by atoms with Gasteiger partial charge < -0.3 is 15.3 Å². The van der Waals surface area contributed by atoms with Gasteiger partial charge in [0.15, 0.2) is 0 Å². The molecule has 1 heterocycles. The number of nitrogens with one attached hydrogen (secondary N) is 1. The summed E-state index contributed by atoms with van der Waals surface area (Å²) in [6, 6.07) is 14.5. The van der Waals surface area contributed by atoms with Gasteiger partial charge >= 0.3 is 0 Å². The predicted octanol–water partition coefficient (Wildman–Crippen LogP) is 3.07. The molecule has 1 aliphatic heterocycles. The van der Waals surface area contributed by atoms with Crippen molar-refractivity contribution in [1.82, 2.24) is 5.32 Å². The Morgan fingerprint density at radius 3 is 2.78 bits per heavy atom. The molecular formula is C19H23FN2O. The molecule has 0 saturated heterocycles. The summed E-state index contributed by atoms with van der Waals surface area (Å²) in [7, 11) is 1.81. The lowest BCUT2D eigenvalue weighted by molar-refractivity contribution is 0.140.